The standard InChI is InChI=1S/C24H16Cl2N2O4S/c1-2-10-28-22(29)21(33-24(28)27-16-5-3-4-15(11-16)23(30)31)13-17-7-9-20(32-17)14-6-8-18(25)19(26)12-14/h2-9,11-13H,1,10H2,(H,30,31)/b21-13+,27-24?. The van der Waals surface area contributed by atoms with E-state index in [1.54, 1.807) is 54.6 Å². The average Bonchev–Trinajstić information content (AvgIpc) is 3.37. The first-order valence-corrected chi connectivity index (χ1v) is 11.2. The Bertz CT molecular complexity index is 1330. The Morgan fingerprint density at radius 3 is 2.70 bits per heavy atom. The summed E-state index contributed by atoms with van der Waals surface area (Å²) in [6.45, 7) is 3.96. The fourth-order valence-electron chi connectivity index (χ4n) is 3.06. The molecule has 1 aliphatic heterocycles. The summed E-state index contributed by atoms with van der Waals surface area (Å²) in [7, 11) is 0. The number of hydrogen-bond acceptors (Lipinski definition) is 5. The normalized spacial score (nSPS) is 16.1. The fraction of sp³-hybridized carbons (Fsp3) is 0.0417. The Kier molecular flexibility index (Phi) is 6.74. The van der Waals surface area contributed by atoms with E-state index in [2.05, 4.69) is 11.6 Å². The van der Waals surface area contributed by atoms with E-state index in [1.165, 1.54) is 28.8 Å². The smallest absolute Gasteiger partial charge is 0.335 e. The number of hydrogen-bond donors (Lipinski definition) is 1. The molecule has 2 heterocycles. The number of rotatable bonds is 6. The molecule has 1 fully saturated rings. The van der Waals surface area contributed by atoms with Crippen molar-refractivity contribution in [1.29, 1.82) is 0 Å². The van der Waals surface area contributed by atoms with E-state index in [9.17, 15) is 14.7 Å². The van der Waals surface area contributed by atoms with Crippen LogP contribution in [0.15, 0.2) is 81.6 Å². The molecule has 0 saturated carbocycles. The monoisotopic (exact) mass is 498 g/mol. The molecule has 0 aliphatic carbocycles. The van der Waals surface area contributed by atoms with Gasteiger partial charge in [-0.2, -0.15) is 0 Å². The van der Waals surface area contributed by atoms with Crippen LogP contribution in [0.1, 0.15) is 16.1 Å². The van der Waals surface area contributed by atoms with E-state index in [0.717, 1.165) is 5.56 Å². The van der Waals surface area contributed by atoms with Crippen LogP contribution in [0.2, 0.25) is 10.0 Å². The first kappa shape index (κ1) is 22.9. The zero-order valence-corrected chi connectivity index (χ0v) is 19.3. The van der Waals surface area contributed by atoms with Crippen LogP contribution in [-0.2, 0) is 4.79 Å². The molecule has 6 nitrogen and oxygen atoms in total. The highest BCUT2D eigenvalue weighted by Gasteiger charge is 2.33. The molecular weight excluding hydrogens is 483 g/mol. The second kappa shape index (κ2) is 9.70. The Morgan fingerprint density at radius 2 is 1.97 bits per heavy atom. The summed E-state index contributed by atoms with van der Waals surface area (Å²) in [5.41, 5.74) is 1.30. The van der Waals surface area contributed by atoms with Gasteiger partial charge in [0.25, 0.3) is 5.91 Å². The van der Waals surface area contributed by atoms with Crippen molar-refractivity contribution in [2.24, 2.45) is 4.99 Å². The minimum atomic E-state index is -1.05. The van der Waals surface area contributed by atoms with Gasteiger partial charge in [0.15, 0.2) is 5.17 Å². The average molecular weight is 499 g/mol. The van der Waals surface area contributed by atoms with Gasteiger partial charge in [-0.25, -0.2) is 9.79 Å². The van der Waals surface area contributed by atoms with Gasteiger partial charge in [-0.1, -0.05) is 35.3 Å². The van der Waals surface area contributed by atoms with Crippen molar-refractivity contribution in [2.75, 3.05) is 6.54 Å². The van der Waals surface area contributed by atoms with Crippen LogP contribution in [0.5, 0.6) is 0 Å². The Balaban J connectivity index is 1.64. The number of carbonyl (C=O) groups is 2. The Hall–Kier alpha value is -3.26. The number of furan rings is 1. The summed E-state index contributed by atoms with van der Waals surface area (Å²) in [6, 6.07) is 14.9. The lowest BCUT2D eigenvalue weighted by atomic mass is 10.2. The molecule has 9 heteroatoms. The molecule has 0 radical (unpaired) electrons. The molecule has 0 unspecified atom stereocenters. The van der Waals surface area contributed by atoms with Crippen molar-refractivity contribution in [2.45, 2.75) is 0 Å². The van der Waals surface area contributed by atoms with Crippen molar-refractivity contribution in [3.05, 3.63) is 93.5 Å². The number of benzene rings is 2. The van der Waals surface area contributed by atoms with Gasteiger partial charge in [-0.05, 0) is 60.3 Å². The number of thioether (sulfide) groups is 1. The van der Waals surface area contributed by atoms with Crippen LogP contribution in [0.25, 0.3) is 17.4 Å². The fourth-order valence-corrected chi connectivity index (χ4v) is 4.35. The molecule has 33 heavy (non-hydrogen) atoms. The minimum absolute atomic E-state index is 0.114. The third-order valence-corrected chi connectivity index (χ3v) is 6.37. The molecule has 1 amide bonds. The number of aromatic carboxylic acids is 1. The van der Waals surface area contributed by atoms with Gasteiger partial charge in [-0.3, -0.25) is 9.69 Å². The number of aliphatic imine (C=N–C) groups is 1. The van der Waals surface area contributed by atoms with Gasteiger partial charge in [0.1, 0.15) is 11.5 Å². The highest BCUT2D eigenvalue weighted by atomic mass is 35.5. The van der Waals surface area contributed by atoms with Crippen molar-refractivity contribution in [3.8, 4) is 11.3 Å². The summed E-state index contributed by atoms with van der Waals surface area (Å²) in [6.07, 6.45) is 3.24. The minimum Gasteiger partial charge on any atom is -0.478 e. The third-order valence-electron chi connectivity index (χ3n) is 4.62. The number of nitrogens with zero attached hydrogens (tertiary/aromatic N) is 2. The molecular formula is C24H16Cl2N2O4S. The van der Waals surface area contributed by atoms with Gasteiger partial charge in [-0.15, -0.1) is 6.58 Å². The van der Waals surface area contributed by atoms with Gasteiger partial charge in [0.2, 0.25) is 0 Å². The molecule has 1 saturated heterocycles. The van der Waals surface area contributed by atoms with Gasteiger partial charge >= 0.3 is 5.97 Å². The van der Waals surface area contributed by atoms with E-state index in [1.807, 2.05) is 0 Å². The lowest BCUT2D eigenvalue weighted by Gasteiger charge is -2.12. The SMILES string of the molecule is C=CCN1C(=O)/C(=C\c2ccc(-c3ccc(Cl)c(Cl)c3)o2)SC1=Nc1cccc(C(=O)O)c1. The van der Waals surface area contributed by atoms with Gasteiger partial charge in [0, 0.05) is 18.2 Å². The van der Waals surface area contributed by atoms with Crippen molar-refractivity contribution in [1.82, 2.24) is 4.90 Å². The lowest BCUT2D eigenvalue weighted by Crippen LogP contribution is -2.29. The summed E-state index contributed by atoms with van der Waals surface area (Å²) >= 11 is 13.2. The highest BCUT2D eigenvalue weighted by molar-refractivity contribution is 8.18. The van der Waals surface area contributed by atoms with E-state index in [0.29, 0.717) is 37.3 Å². The zero-order valence-electron chi connectivity index (χ0n) is 17.0. The van der Waals surface area contributed by atoms with Crippen LogP contribution in [0.4, 0.5) is 5.69 Å². The predicted molar refractivity (Wildman–Crippen MR) is 132 cm³/mol. The molecule has 1 aromatic heterocycles. The van der Waals surface area contributed by atoms with Crippen LogP contribution in [0.3, 0.4) is 0 Å². The Labute approximate surface area is 203 Å². The maximum Gasteiger partial charge on any atom is 0.335 e. The summed E-state index contributed by atoms with van der Waals surface area (Å²) < 4.78 is 5.88. The highest BCUT2D eigenvalue weighted by Crippen LogP contribution is 2.35. The van der Waals surface area contributed by atoms with E-state index < -0.39 is 5.97 Å². The third kappa shape index (κ3) is 5.06. The van der Waals surface area contributed by atoms with E-state index >= 15 is 0 Å². The number of carboxylic acids is 1. The molecule has 0 atom stereocenters. The molecule has 166 valence electrons. The summed E-state index contributed by atoms with van der Waals surface area (Å²) in [4.78, 5) is 30.6. The molecule has 1 N–H and O–H groups in total. The largest absolute Gasteiger partial charge is 0.478 e. The lowest BCUT2D eigenvalue weighted by molar-refractivity contribution is -0.121. The molecule has 3 aromatic rings. The van der Waals surface area contributed by atoms with Gasteiger partial charge < -0.3 is 9.52 Å². The number of amides is 1. The maximum atomic E-state index is 13.0. The number of carboxylic acid groups (broad SMARTS) is 1. The summed E-state index contributed by atoms with van der Waals surface area (Å²) in [5, 5.41) is 10.5. The molecule has 0 spiro atoms. The zero-order chi connectivity index (χ0) is 23.5. The second-order valence-corrected chi connectivity index (χ2v) is 8.72. The second-order valence-electron chi connectivity index (χ2n) is 6.90. The van der Waals surface area contributed by atoms with Crippen molar-refractivity contribution >= 4 is 63.8 Å². The number of carbonyl (C=O) groups excluding carboxylic acids is 1. The predicted octanol–water partition coefficient (Wildman–Crippen LogP) is 6.74. The topological polar surface area (TPSA) is 83.1 Å². The molecule has 2 aromatic carbocycles. The van der Waals surface area contributed by atoms with Crippen molar-refractivity contribution in [3.63, 3.8) is 0 Å². The van der Waals surface area contributed by atoms with Crippen molar-refractivity contribution < 1.29 is 19.1 Å². The van der Waals surface area contributed by atoms with E-state index in [4.69, 9.17) is 27.6 Å². The van der Waals surface area contributed by atoms with Crippen LogP contribution >= 0.6 is 35.0 Å². The first-order chi connectivity index (χ1) is 15.9. The van der Waals surface area contributed by atoms with Crippen LogP contribution in [-0.4, -0.2) is 33.6 Å². The molecule has 0 bridgehead atoms. The van der Waals surface area contributed by atoms with Crippen LogP contribution < -0.4 is 0 Å². The number of halogens is 2. The maximum absolute atomic E-state index is 13.0. The first-order valence-electron chi connectivity index (χ1n) is 9.65. The summed E-state index contributed by atoms with van der Waals surface area (Å²) in [5.74, 6) is -0.232. The molecule has 1 aliphatic rings. The quantitative estimate of drug-likeness (QED) is 0.300. The number of amidine groups is 1. The van der Waals surface area contributed by atoms with E-state index in [-0.39, 0.29) is 18.0 Å². The Morgan fingerprint density at radius 1 is 1.15 bits per heavy atom. The van der Waals surface area contributed by atoms with Crippen LogP contribution in [0, 0.1) is 0 Å². The van der Waals surface area contributed by atoms with Gasteiger partial charge in [0.05, 0.1) is 26.2 Å². The molecule has 4 rings (SSSR count).